The lowest BCUT2D eigenvalue weighted by Gasteiger charge is -2.06. The highest BCUT2D eigenvalue weighted by Gasteiger charge is 2.29. The molecular weight excluding hydrogens is 278 g/mol. The van der Waals surface area contributed by atoms with E-state index >= 15 is 0 Å². The largest absolute Gasteiger partial charge is 0.213 e. The first-order valence-corrected chi connectivity index (χ1v) is 8.59. The fraction of sp³-hybridized carbons (Fsp3) is 0.318. The first kappa shape index (κ1) is 14.4. The highest BCUT2D eigenvalue weighted by atomic mass is 15.0. The summed E-state index contributed by atoms with van der Waals surface area (Å²) in [5.74, 6) is 0.691. The molecule has 0 aliphatic carbocycles. The number of hydrogen-bond acceptors (Lipinski definition) is 0. The zero-order valence-electron chi connectivity index (χ0n) is 14.5. The molecule has 0 spiro atoms. The Morgan fingerprint density at radius 1 is 1.00 bits per heavy atom. The van der Waals surface area contributed by atoms with Gasteiger partial charge in [0.05, 0.1) is 5.56 Å². The quantitative estimate of drug-likeness (QED) is 0.460. The highest BCUT2D eigenvalue weighted by Crippen LogP contribution is 2.32. The molecule has 1 aliphatic heterocycles. The number of rotatable bonds is 2. The highest BCUT2D eigenvalue weighted by molar-refractivity contribution is 5.80. The van der Waals surface area contributed by atoms with Crippen molar-refractivity contribution in [1.29, 1.82) is 0 Å². The van der Waals surface area contributed by atoms with E-state index < -0.39 is 0 Å². The molecule has 1 aromatic heterocycles. The molecule has 0 fully saturated rings. The Bertz CT molecular complexity index is 919. The van der Waals surface area contributed by atoms with Crippen LogP contribution in [0, 0.1) is 19.8 Å². The van der Waals surface area contributed by atoms with E-state index in [0.717, 1.165) is 13.0 Å². The fourth-order valence-corrected chi connectivity index (χ4v) is 3.95. The molecule has 0 bridgehead atoms. The van der Waals surface area contributed by atoms with Crippen LogP contribution in [0.1, 0.15) is 36.1 Å². The minimum absolute atomic E-state index is 0.691. The van der Waals surface area contributed by atoms with Gasteiger partial charge in [-0.25, -0.2) is 0 Å². The van der Waals surface area contributed by atoms with Gasteiger partial charge in [0, 0.05) is 23.1 Å². The van der Waals surface area contributed by atoms with E-state index in [9.17, 15) is 0 Å². The minimum atomic E-state index is 0.691. The Morgan fingerprint density at radius 2 is 1.78 bits per heavy atom. The predicted molar refractivity (Wildman–Crippen MR) is 96.7 cm³/mol. The normalized spacial score (nSPS) is 12.7. The Morgan fingerprint density at radius 3 is 2.57 bits per heavy atom. The van der Waals surface area contributed by atoms with Gasteiger partial charge in [-0.2, -0.15) is 4.57 Å². The van der Waals surface area contributed by atoms with Crippen molar-refractivity contribution in [3.63, 3.8) is 0 Å². The maximum absolute atomic E-state index is 2.50. The smallest absolute Gasteiger partial charge is 0.187 e. The minimum Gasteiger partial charge on any atom is -0.187 e. The van der Waals surface area contributed by atoms with Crippen molar-refractivity contribution in [1.82, 2.24) is 0 Å². The van der Waals surface area contributed by atoms with Crippen LogP contribution in [0.2, 0.25) is 0 Å². The topological polar surface area (TPSA) is 3.88 Å². The van der Waals surface area contributed by atoms with E-state index in [-0.39, 0.29) is 0 Å². The summed E-state index contributed by atoms with van der Waals surface area (Å²) in [4.78, 5) is 0. The summed E-state index contributed by atoms with van der Waals surface area (Å²) in [6.07, 6.45) is 1.14. The van der Waals surface area contributed by atoms with Crippen molar-refractivity contribution in [2.75, 3.05) is 0 Å². The Kier molecular flexibility index (Phi) is 3.26. The van der Waals surface area contributed by atoms with Crippen LogP contribution in [-0.4, -0.2) is 0 Å². The summed E-state index contributed by atoms with van der Waals surface area (Å²) in [7, 11) is 0. The van der Waals surface area contributed by atoms with Gasteiger partial charge in [-0.1, -0.05) is 26.0 Å². The second kappa shape index (κ2) is 5.19. The van der Waals surface area contributed by atoms with Crippen LogP contribution in [0.5, 0.6) is 0 Å². The lowest BCUT2D eigenvalue weighted by Crippen LogP contribution is -2.33. The average Bonchev–Trinajstić information content (AvgIpc) is 2.86. The summed E-state index contributed by atoms with van der Waals surface area (Å²) in [5.41, 5.74) is 9.83. The molecule has 0 amide bonds. The average molecular weight is 302 g/mol. The molecule has 116 valence electrons. The van der Waals surface area contributed by atoms with Crippen molar-refractivity contribution in [2.45, 2.75) is 40.7 Å². The van der Waals surface area contributed by atoms with Gasteiger partial charge < -0.3 is 0 Å². The molecule has 0 saturated heterocycles. The van der Waals surface area contributed by atoms with Gasteiger partial charge in [0.25, 0.3) is 0 Å². The fourth-order valence-electron chi connectivity index (χ4n) is 3.95. The second-order valence-electron chi connectivity index (χ2n) is 7.40. The zero-order chi connectivity index (χ0) is 16.1. The number of hydrogen-bond donors (Lipinski definition) is 0. The summed E-state index contributed by atoms with van der Waals surface area (Å²) in [6.45, 7) is 10.0. The van der Waals surface area contributed by atoms with E-state index in [2.05, 4.69) is 74.7 Å². The molecule has 0 N–H and O–H groups in total. The number of aromatic nitrogens is 1. The third-order valence-electron chi connectivity index (χ3n) is 4.95. The molecule has 0 unspecified atom stereocenters. The molecule has 0 saturated carbocycles. The summed E-state index contributed by atoms with van der Waals surface area (Å²) in [5, 5.41) is 1.34. The SMILES string of the molecule is Cc1cc(C)c2c(c1)-c1ccc3ccc(CC(C)C)cc3[n+]1C2. The van der Waals surface area contributed by atoms with Crippen molar-refractivity contribution < 1.29 is 4.57 Å². The number of nitrogens with zero attached hydrogens (tertiary/aromatic N) is 1. The van der Waals surface area contributed by atoms with Crippen LogP contribution in [-0.2, 0) is 13.0 Å². The van der Waals surface area contributed by atoms with Gasteiger partial charge in [0.1, 0.15) is 0 Å². The van der Waals surface area contributed by atoms with E-state index in [1.165, 1.54) is 44.4 Å². The number of benzene rings is 2. The van der Waals surface area contributed by atoms with Crippen molar-refractivity contribution in [3.05, 3.63) is 64.7 Å². The van der Waals surface area contributed by atoms with Crippen molar-refractivity contribution in [3.8, 4) is 11.3 Å². The van der Waals surface area contributed by atoms with E-state index in [0.29, 0.717) is 5.92 Å². The lowest BCUT2D eigenvalue weighted by atomic mass is 9.99. The van der Waals surface area contributed by atoms with Gasteiger partial charge >= 0.3 is 0 Å². The van der Waals surface area contributed by atoms with Crippen LogP contribution >= 0.6 is 0 Å². The molecule has 1 nitrogen and oxygen atoms in total. The molecule has 2 aromatic carbocycles. The van der Waals surface area contributed by atoms with Crippen LogP contribution in [0.4, 0.5) is 0 Å². The Hall–Kier alpha value is -2.15. The van der Waals surface area contributed by atoms with Gasteiger partial charge in [-0.3, -0.25) is 0 Å². The van der Waals surface area contributed by atoms with Gasteiger partial charge in [-0.05, 0) is 61.1 Å². The van der Waals surface area contributed by atoms with E-state index in [1.54, 1.807) is 0 Å². The second-order valence-corrected chi connectivity index (χ2v) is 7.40. The Labute approximate surface area is 138 Å². The third kappa shape index (κ3) is 2.35. The molecule has 0 radical (unpaired) electrons. The van der Waals surface area contributed by atoms with Crippen LogP contribution in [0.25, 0.3) is 22.2 Å². The molecule has 1 aliphatic rings. The maximum atomic E-state index is 2.50. The lowest BCUT2D eigenvalue weighted by molar-refractivity contribution is -0.645. The summed E-state index contributed by atoms with van der Waals surface area (Å²) < 4.78 is 2.50. The van der Waals surface area contributed by atoms with Crippen LogP contribution < -0.4 is 4.57 Å². The standard InChI is InChI=1S/C22H24N/c1-14(2)9-17-5-6-18-7-8-21-19-11-15(3)10-16(4)20(19)13-23(21)22(18)12-17/h5-8,10-12,14H,9,13H2,1-4H3/q+1. The summed E-state index contributed by atoms with van der Waals surface area (Å²) >= 11 is 0. The van der Waals surface area contributed by atoms with Crippen molar-refractivity contribution >= 4 is 10.9 Å². The van der Waals surface area contributed by atoms with E-state index in [4.69, 9.17) is 0 Å². The molecule has 1 heteroatoms. The van der Waals surface area contributed by atoms with Gasteiger partial charge in [-0.15, -0.1) is 0 Å². The zero-order valence-corrected chi connectivity index (χ0v) is 14.5. The van der Waals surface area contributed by atoms with Gasteiger partial charge in [0.15, 0.2) is 6.54 Å². The molecule has 3 aromatic rings. The molecule has 23 heavy (non-hydrogen) atoms. The third-order valence-corrected chi connectivity index (χ3v) is 4.95. The number of pyridine rings is 1. The summed E-state index contributed by atoms with van der Waals surface area (Å²) in [6, 6.07) is 16.2. The molecular formula is C22H24N+. The molecule has 4 rings (SSSR count). The molecule has 0 atom stereocenters. The molecule has 2 heterocycles. The monoisotopic (exact) mass is 302 g/mol. The number of fused-ring (bicyclic) bond motifs is 5. The van der Waals surface area contributed by atoms with Gasteiger partial charge in [0.2, 0.25) is 11.2 Å². The van der Waals surface area contributed by atoms with Crippen LogP contribution in [0.15, 0.2) is 42.5 Å². The van der Waals surface area contributed by atoms with Crippen molar-refractivity contribution in [2.24, 2.45) is 5.92 Å². The van der Waals surface area contributed by atoms with E-state index in [1.807, 2.05) is 0 Å². The first-order chi connectivity index (χ1) is 11.0. The van der Waals surface area contributed by atoms with Crippen LogP contribution in [0.3, 0.4) is 0 Å². The first-order valence-electron chi connectivity index (χ1n) is 8.59. The Balaban J connectivity index is 1.93. The maximum Gasteiger partial charge on any atom is 0.213 e. The predicted octanol–water partition coefficient (Wildman–Crippen LogP) is 4.97. The number of aryl methyl sites for hydroxylation is 2.